The number of aryl methyl sites for hydroxylation is 1. The van der Waals surface area contributed by atoms with Crippen molar-refractivity contribution in [2.45, 2.75) is 11.8 Å². The summed E-state index contributed by atoms with van der Waals surface area (Å²) in [6.45, 7) is 1.54. The van der Waals surface area contributed by atoms with Crippen LogP contribution in [0, 0.1) is 13.0 Å². The van der Waals surface area contributed by atoms with Crippen LogP contribution in [0.4, 0.5) is 16.0 Å². The standard InChI is InChI=1S/C10H9FN4O2S/c1-6-12-9(11)15-10(13-6)14-7-2-4-8(5-3-7)18(16)17/h2-5H,1H3,(H,16,17)(H,12,13,14,15)/p-1. The lowest BCUT2D eigenvalue weighted by Gasteiger charge is -2.07. The van der Waals surface area contributed by atoms with Crippen molar-refractivity contribution >= 4 is 22.7 Å². The molecule has 6 nitrogen and oxygen atoms in total. The highest BCUT2D eigenvalue weighted by molar-refractivity contribution is 7.79. The molecule has 1 heterocycles. The molecule has 1 atom stereocenters. The highest BCUT2D eigenvalue weighted by Crippen LogP contribution is 2.15. The molecule has 2 aromatic rings. The third-order valence-electron chi connectivity index (χ3n) is 2.02. The quantitative estimate of drug-likeness (QED) is 0.843. The maximum absolute atomic E-state index is 12.9. The number of anilines is 2. The van der Waals surface area contributed by atoms with Crippen LogP contribution in [-0.2, 0) is 11.1 Å². The zero-order valence-electron chi connectivity index (χ0n) is 9.25. The van der Waals surface area contributed by atoms with Crippen LogP contribution in [0.25, 0.3) is 0 Å². The highest BCUT2D eigenvalue weighted by Gasteiger charge is 2.03. The Bertz CT molecular complexity index is 571. The number of rotatable bonds is 3. The van der Waals surface area contributed by atoms with Crippen LogP contribution in [0.2, 0.25) is 0 Å². The van der Waals surface area contributed by atoms with Crippen molar-refractivity contribution in [2.24, 2.45) is 0 Å². The van der Waals surface area contributed by atoms with E-state index >= 15 is 0 Å². The summed E-state index contributed by atoms with van der Waals surface area (Å²) < 4.78 is 34.2. The first kappa shape index (κ1) is 12.5. The number of nitrogens with zero attached hydrogens (tertiary/aromatic N) is 3. The van der Waals surface area contributed by atoms with Crippen LogP contribution in [-0.4, -0.2) is 23.7 Å². The fourth-order valence-corrected chi connectivity index (χ4v) is 1.64. The molecular formula is C10H8FN4O2S-. The highest BCUT2D eigenvalue weighted by atomic mass is 32.2. The Balaban J connectivity index is 2.20. The van der Waals surface area contributed by atoms with Gasteiger partial charge in [0.2, 0.25) is 5.95 Å². The molecule has 1 aromatic heterocycles. The molecule has 0 aliphatic carbocycles. The summed E-state index contributed by atoms with van der Waals surface area (Å²) in [5, 5.41) is 2.75. The van der Waals surface area contributed by atoms with Crippen LogP contribution < -0.4 is 5.32 Å². The van der Waals surface area contributed by atoms with Crippen molar-refractivity contribution in [2.75, 3.05) is 5.32 Å². The van der Waals surface area contributed by atoms with Crippen LogP contribution in [0.5, 0.6) is 0 Å². The average molecular weight is 267 g/mol. The summed E-state index contributed by atoms with van der Waals surface area (Å²) in [6, 6.07) is 5.88. The molecule has 94 valence electrons. The molecule has 0 fully saturated rings. The second kappa shape index (κ2) is 5.15. The van der Waals surface area contributed by atoms with Crippen molar-refractivity contribution in [3.63, 3.8) is 0 Å². The van der Waals surface area contributed by atoms with E-state index in [0.29, 0.717) is 5.69 Å². The maximum Gasteiger partial charge on any atom is 0.313 e. The lowest BCUT2D eigenvalue weighted by atomic mass is 10.3. The lowest BCUT2D eigenvalue weighted by molar-refractivity contribution is 0.529. The van der Waals surface area contributed by atoms with Crippen molar-refractivity contribution in [3.05, 3.63) is 36.2 Å². The Morgan fingerprint density at radius 2 is 1.89 bits per heavy atom. The number of aromatic nitrogens is 3. The topological polar surface area (TPSA) is 90.8 Å². The molecule has 0 saturated carbocycles. The Morgan fingerprint density at radius 1 is 1.22 bits per heavy atom. The van der Waals surface area contributed by atoms with E-state index in [0.717, 1.165) is 0 Å². The van der Waals surface area contributed by atoms with Gasteiger partial charge in [-0.2, -0.15) is 19.3 Å². The minimum atomic E-state index is -2.27. The predicted molar refractivity (Wildman–Crippen MR) is 61.4 cm³/mol. The molecule has 0 radical (unpaired) electrons. The van der Waals surface area contributed by atoms with Gasteiger partial charge in [0, 0.05) is 10.6 Å². The second-order valence-electron chi connectivity index (χ2n) is 3.36. The van der Waals surface area contributed by atoms with Crippen LogP contribution in [0.15, 0.2) is 29.2 Å². The maximum atomic E-state index is 12.9. The molecule has 18 heavy (non-hydrogen) atoms. The summed E-state index contributed by atoms with van der Waals surface area (Å²) in [5.74, 6) is 0.318. The van der Waals surface area contributed by atoms with Gasteiger partial charge in [0.15, 0.2) is 0 Å². The lowest BCUT2D eigenvalue weighted by Crippen LogP contribution is -2.03. The molecule has 0 aliphatic rings. The van der Waals surface area contributed by atoms with Gasteiger partial charge in [-0.05, 0) is 42.3 Å². The smallest absolute Gasteiger partial charge is 0.313 e. The first-order valence-corrected chi connectivity index (χ1v) is 5.96. The fraction of sp³-hybridized carbons (Fsp3) is 0.100. The Hall–Kier alpha value is -1.93. The van der Waals surface area contributed by atoms with E-state index in [1.54, 1.807) is 6.92 Å². The van der Waals surface area contributed by atoms with Gasteiger partial charge in [0.25, 0.3) is 0 Å². The SMILES string of the molecule is Cc1nc(F)nc(Nc2ccc(S(=O)[O-])cc2)n1. The molecule has 2 rings (SSSR count). The molecular weight excluding hydrogens is 259 g/mol. The summed E-state index contributed by atoms with van der Waals surface area (Å²) >= 11 is -2.27. The monoisotopic (exact) mass is 267 g/mol. The summed E-state index contributed by atoms with van der Waals surface area (Å²) in [4.78, 5) is 10.9. The minimum absolute atomic E-state index is 0.0657. The van der Waals surface area contributed by atoms with Gasteiger partial charge in [0.1, 0.15) is 5.82 Å². The van der Waals surface area contributed by atoms with Crippen LogP contribution >= 0.6 is 0 Å². The molecule has 1 unspecified atom stereocenters. The van der Waals surface area contributed by atoms with Crippen molar-refractivity contribution in [1.29, 1.82) is 0 Å². The van der Waals surface area contributed by atoms with Gasteiger partial charge in [-0.15, -0.1) is 0 Å². The summed E-state index contributed by atoms with van der Waals surface area (Å²) in [7, 11) is 0. The Labute approximate surface area is 105 Å². The van der Waals surface area contributed by atoms with E-state index in [1.165, 1.54) is 24.3 Å². The van der Waals surface area contributed by atoms with E-state index in [9.17, 15) is 13.2 Å². The molecule has 1 aromatic carbocycles. The van der Waals surface area contributed by atoms with E-state index < -0.39 is 17.2 Å². The third kappa shape index (κ3) is 3.05. The number of nitrogens with one attached hydrogen (secondary N) is 1. The fourth-order valence-electron chi connectivity index (χ4n) is 1.28. The number of halogens is 1. The molecule has 0 spiro atoms. The van der Waals surface area contributed by atoms with Gasteiger partial charge in [-0.25, -0.2) is 0 Å². The molecule has 0 aliphatic heterocycles. The molecule has 0 amide bonds. The first-order valence-electron chi connectivity index (χ1n) is 4.89. The molecule has 8 heteroatoms. The van der Waals surface area contributed by atoms with Gasteiger partial charge < -0.3 is 9.87 Å². The molecule has 0 bridgehead atoms. The minimum Gasteiger partial charge on any atom is -0.768 e. The number of benzene rings is 1. The number of hydrogen-bond donors (Lipinski definition) is 1. The number of hydrogen-bond acceptors (Lipinski definition) is 6. The van der Waals surface area contributed by atoms with E-state index in [1.807, 2.05) is 0 Å². The van der Waals surface area contributed by atoms with Gasteiger partial charge in [-0.1, -0.05) is 0 Å². The second-order valence-corrected chi connectivity index (χ2v) is 4.30. The zero-order valence-corrected chi connectivity index (χ0v) is 10.1. The van der Waals surface area contributed by atoms with Crippen molar-refractivity contribution in [3.8, 4) is 0 Å². The third-order valence-corrected chi connectivity index (χ3v) is 2.68. The Kier molecular flexibility index (Phi) is 3.58. The van der Waals surface area contributed by atoms with Crippen LogP contribution in [0.3, 0.4) is 0 Å². The predicted octanol–water partition coefficient (Wildman–Crippen LogP) is 1.30. The van der Waals surface area contributed by atoms with Crippen molar-refractivity contribution in [1.82, 2.24) is 15.0 Å². The van der Waals surface area contributed by atoms with Crippen molar-refractivity contribution < 1.29 is 13.2 Å². The Morgan fingerprint density at radius 3 is 2.44 bits per heavy atom. The van der Waals surface area contributed by atoms with E-state index in [-0.39, 0.29) is 16.7 Å². The average Bonchev–Trinajstić information content (AvgIpc) is 2.28. The van der Waals surface area contributed by atoms with Gasteiger partial charge in [0.05, 0.1) is 0 Å². The normalized spacial score (nSPS) is 12.2. The zero-order chi connectivity index (χ0) is 13.1. The van der Waals surface area contributed by atoms with Gasteiger partial charge >= 0.3 is 6.08 Å². The summed E-state index contributed by atoms with van der Waals surface area (Å²) in [5.41, 5.74) is 0.550. The van der Waals surface area contributed by atoms with Gasteiger partial charge in [-0.3, -0.25) is 4.21 Å². The van der Waals surface area contributed by atoms with E-state index in [4.69, 9.17) is 0 Å². The molecule has 1 N–H and O–H groups in total. The summed E-state index contributed by atoms with van der Waals surface area (Å²) in [6.07, 6.45) is -0.873. The van der Waals surface area contributed by atoms with Crippen LogP contribution in [0.1, 0.15) is 5.82 Å². The largest absolute Gasteiger partial charge is 0.768 e. The first-order chi connectivity index (χ1) is 8.54. The van der Waals surface area contributed by atoms with E-state index in [2.05, 4.69) is 20.3 Å². The molecule has 0 saturated heterocycles.